The average molecular weight is 427 g/mol. The molecule has 0 aliphatic heterocycles. The minimum atomic E-state index is -0.574. The Balaban J connectivity index is 1.70. The van der Waals surface area contributed by atoms with Crippen molar-refractivity contribution in [2.75, 3.05) is 17.2 Å². The number of nitrogens with zero attached hydrogens (tertiary/aromatic N) is 1. The van der Waals surface area contributed by atoms with Gasteiger partial charge in [-0.15, -0.1) is 0 Å². The van der Waals surface area contributed by atoms with Crippen LogP contribution in [0.4, 0.5) is 15.8 Å². The van der Waals surface area contributed by atoms with Crippen LogP contribution in [-0.4, -0.2) is 29.4 Å². The molecule has 2 amide bonds. The van der Waals surface area contributed by atoms with Crippen LogP contribution in [0.25, 0.3) is 0 Å². The number of carbonyl (C=O) groups is 3. The maximum atomic E-state index is 14.2. The number of rotatable bonds is 6. The van der Waals surface area contributed by atoms with Gasteiger partial charge in [-0.2, -0.15) is 0 Å². The van der Waals surface area contributed by atoms with E-state index in [-0.39, 0.29) is 35.4 Å². The Morgan fingerprint density at radius 1 is 1.10 bits per heavy atom. The van der Waals surface area contributed by atoms with E-state index < -0.39 is 17.7 Å². The number of halogens is 1. The Labute approximate surface area is 180 Å². The first kappa shape index (κ1) is 22.4. The lowest BCUT2D eigenvalue weighted by molar-refractivity contribution is -0.120. The number of anilines is 2. The monoisotopic (exact) mass is 427 g/mol. The van der Waals surface area contributed by atoms with E-state index in [1.54, 1.807) is 13.8 Å². The number of ether oxygens (including phenoxy) is 1. The van der Waals surface area contributed by atoms with E-state index in [4.69, 9.17) is 4.74 Å². The zero-order valence-electron chi connectivity index (χ0n) is 17.7. The van der Waals surface area contributed by atoms with Gasteiger partial charge in [-0.3, -0.25) is 9.59 Å². The largest absolute Gasteiger partial charge is 0.462 e. The van der Waals surface area contributed by atoms with Crippen LogP contribution >= 0.6 is 0 Å². The third-order valence-electron chi connectivity index (χ3n) is 5.27. The highest BCUT2D eigenvalue weighted by Crippen LogP contribution is 2.26. The van der Waals surface area contributed by atoms with Crippen molar-refractivity contribution < 1.29 is 23.5 Å². The van der Waals surface area contributed by atoms with Crippen molar-refractivity contribution in [2.24, 2.45) is 5.92 Å². The van der Waals surface area contributed by atoms with Crippen molar-refractivity contribution >= 4 is 29.2 Å². The normalized spacial score (nSPS) is 14.0. The van der Waals surface area contributed by atoms with Gasteiger partial charge in [0.05, 0.1) is 23.6 Å². The van der Waals surface area contributed by atoms with Crippen LogP contribution in [-0.2, 0) is 9.53 Å². The van der Waals surface area contributed by atoms with Crippen molar-refractivity contribution in [1.29, 1.82) is 0 Å². The molecule has 0 saturated heterocycles. The average Bonchev–Trinajstić information content (AvgIpc) is 2.76. The third-order valence-corrected chi connectivity index (χ3v) is 5.27. The molecule has 0 atom stereocenters. The summed E-state index contributed by atoms with van der Waals surface area (Å²) in [5, 5.41) is 5.29. The van der Waals surface area contributed by atoms with E-state index in [0.717, 1.165) is 32.1 Å². The summed E-state index contributed by atoms with van der Waals surface area (Å²) in [6.07, 6.45) is 4.72. The van der Waals surface area contributed by atoms with Crippen molar-refractivity contribution in [2.45, 2.75) is 46.0 Å². The number of hydrogen-bond acceptors (Lipinski definition) is 5. The predicted octanol–water partition coefficient (Wildman–Crippen LogP) is 4.48. The van der Waals surface area contributed by atoms with E-state index in [0.29, 0.717) is 11.4 Å². The molecule has 0 unspecified atom stereocenters. The van der Waals surface area contributed by atoms with E-state index in [1.807, 2.05) is 0 Å². The Hall–Kier alpha value is -3.29. The van der Waals surface area contributed by atoms with Crippen LogP contribution in [0.3, 0.4) is 0 Å². The number of carbonyl (C=O) groups excluding carboxylic acids is 3. The lowest BCUT2D eigenvalue weighted by Gasteiger charge is -2.21. The smallest absolute Gasteiger partial charge is 0.339 e. The highest BCUT2D eigenvalue weighted by Gasteiger charge is 2.22. The number of nitrogens with one attached hydrogen (secondary N) is 2. The molecule has 2 aromatic rings. The molecule has 31 heavy (non-hydrogen) atoms. The minimum absolute atomic E-state index is 0.0233. The molecule has 1 aromatic carbocycles. The summed E-state index contributed by atoms with van der Waals surface area (Å²) in [7, 11) is 0. The molecule has 3 rings (SSSR count). The number of pyridine rings is 1. The summed E-state index contributed by atoms with van der Waals surface area (Å²) < 4.78 is 19.2. The van der Waals surface area contributed by atoms with E-state index in [1.165, 1.54) is 30.3 Å². The summed E-state index contributed by atoms with van der Waals surface area (Å²) in [6, 6.07) is 6.88. The van der Waals surface area contributed by atoms with Crippen molar-refractivity contribution in [3.8, 4) is 0 Å². The van der Waals surface area contributed by atoms with Gasteiger partial charge in [0.25, 0.3) is 5.91 Å². The molecule has 1 aliphatic rings. The Morgan fingerprint density at radius 3 is 2.52 bits per heavy atom. The number of hydrogen-bond donors (Lipinski definition) is 2. The molecule has 1 heterocycles. The van der Waals surface area contributed by atoms with Crippen LogP contribution in [0.5, 0.6) is 0 Å². The van der Waals surface area contributed by atoms with Gasteiger partial charge in [-0.05, 0) is 57.0 Å². The molecule has 0 spiro atoms. The van der Waals surface area contributed by atoms with Gasteiger partial charge in [-0.1, -0.05) is 19.3 Å². The van der Waals surface area contributed by atoms with Crippen molar-refractivity contribution in [1.82, 2.24) is 4.98 Å². The summed E-state index contributed by atoms with van der Waals surface area (Å²) >= 11 is 0. The van der Waals surface area contributed by atoms with Crippen LogP contribution in [0.15, 0.2) is 30.3 Å². The first-order valence-electron chi connectivity index (χ1n) is 10.5. The maximum absolute atomic E-state index is 14.2. The molecule has 2 N–H and O–H groups in total. The van der Waals surface area contributed by atoms with Gasteiger partial charge in [0.2, 0.25) is 5.91 Å². The zero-order chi connectivity index (χ0) is 22.4. The lowest BCUT2D eigenvalue weighted by atomic mass is 9.88. The highest BCUT2D eigenvalue weighted by atomic mass is 19.1. The first-order chi connectivity index (χ1) is 14.9. The van der Waals surface area contributed by atoms with E-state index in [9.17, 15) is 18.8 Å². The van der Waals surface area contributed by atoms with Gasteiger partial charge in [0.1, 0.15) is 11.5 Å². The fourth-order valence-electron chi connectivity index (χ4n) is 3.61. The molecule has 0 bridgehead atoms. The van der Waals surface area contributed by atoms with Gasteiger partial charge in [0, 0.05) is 11.6 Å². The minimum Gasteiger partial charge on any atom is -0.462 e. The fraction of sp³-hybridized carbons (Fsp3) is 0.391. The molecule has 0 radical (unpaired) electrons. The van der Waals surface area contributed by atoms with Gasteiger partial charge < -0.3 is 15.4 Å². The number of aromatic nitrogens is 1. The molecule has 1 fully saturated rings. The van der Waals surface area contributed by atoms with Crippen LogP contribution in [0, 0.1) is 18.7 Å². The van der Waals surface area contributed by atoms with Gasteiger partial charge in [0.15, 0.2) is 0 Å². The SMILES string of the molecule is CCOC(=O)c1ccc(C(=O)Nc2ccc(F)c(NC(=O)C3CCCCC3)c2)nc1C. The van der Waals surface area contributed by atoms with Crippen LogP contribution in [0.1, 0.15) is 65.6 Å². The topological polar surface area (TPSA) is 97.4 Å². The second-order valence-electron chi connectivity index (χ2n) is 7.52. The predicted molar refractivity (Wildman–Crippen MR) is 114 cm³/mol. The molecule has 7 nitrogen and oxygen atoms in total. The second kappa shape index (κ2) is 10.1. The van der Waals surface area contributed by atoms with Gasteiger partial charge >= 0.3 is 5.97 Å². The fourth-order valence-corrected chi connectivity index (χ4v) is 3.61. The molecule has 1 aromatic heterocycles. The summed E-state index contributed by atoms with van der Waals surface area (Å²) in [5.74, 6) is -1.91. The standard InChI is InChI=1S/C23H26FN3O4/c1-3-31-23(30)17-10-12-19(25-14(17)2)22(29)26-16-9-11-18(24)20(13-16)27-21(28)15-7-5-4-6-8-15/h9-13,15H,3-8H2,1-2H3,(H,26,29)(H,27,28). The maximum Gasteiger partial charge on any atom is 0.339 e. The highest BCUT2D eigenvalue weighted by molar-refractivity contribution is 6.04. The van der Waals surface area contributed by atoms with Gasteiger partial charge in [-0.25, -0.2) is 14.2 Å². The van der Waals surface area contributed by atoms with E-state index >= 15 is 0 Å². The Bertz CT molecular complexity index is 987. The lowest BCUT2D eigenvalue weighted by Crippen LogP contribution is -2.25. The number of benzene rings is 1. The van der Waals surface area contributed by atoms with Crippen LogP contribution in [0.2, 0.25) is 0 Å². The number of aryl methyl sites for hydroxylation is 1. The first-order valence-corrected chi connectivity index (χ1v) is 10.5. The Kier molecular flexibility index (Phi) is 7.33. The summed E-state index contributed by atoms with van der Waals surface area (Å²) in [5.41, 5.74) is 1.09. The Morgan fingerprint density at radius 2 is 1.84 bits per heavy atom. The molecule has 164 valence electrons. The second-order valence-corrected chi connectivity index (χ2v) is 7.52. The summed E-state index contributed by atoms with van der Waals surface area (Å²) in [4.78, 5) is 41.0. The molecule has 8 heteroatoms. The molecule has 1 saturated carbocycles. The zero-order valence-corrected chi connectivity index (χ0v) is 17.7. The molecular formula is C23H26FN3O4. The molecular weight excluding hydrogens is 401 g/mol. The molecule has 1 aliphatic carbocycles. The number of esters is 1. The van der Waals surface area contributed by atoms with Crippen molar-refractivity contribution in [3.63, 3.8) is 0 Å². The van der Waals surface area contributed by atoms with E-state index in [2.05, 4.69) is 15.6 Å². The number of amides is 2. The third kappa shape index (κ3) is 5.65. The van der Waals surface area contributed by atoms with Crippen molar-refractivity contribution in [3.05, 3.63) is 53.1 Å². The van der Waals surface area contributed by atoms with Crippen LogP contribution < -0.4 is 10.6 Å². The quantitative estimate of drug-likeness (QED) is 0.663. The summed E-state index contributed by atoms with van der Waals surface area (Å²) in [6.45, 7) is 3.56.